The Morgan fingerprint density at radius 1 is 0.290 bits per heavy atom. The van der Waals surface area contributed by atoms with Crippen LogP contribution in [-0.4, -0.2) is 9.97 Å². The van der Waals surface area contributed by atoms with Crippen LogP contribution >= 0.6 is 31.2 Å². The molecule has 0 saturated carbocycles. The molecule has 0 saturated heterocycles. The normalized spacial score (nSPS) is 18.5. The summed E-state index contributed by atoms with van der Waals surface area (Å²) in [5.41, 5.74) is 8.96. The van der Waals surface area contributed by atoms with Crippen LogP contribution in [0.25, 0.3) is 65.7 Å². The van der Waals surface area contributed by atoms with Gasteiger partial charge in [0, 0.05) is 24.3 Å². The van der Waals surface area contributed by atoms with Crippen molar-refractivity contribution in [1.82, 2.24) is 9.97 Å². The molecule has 9 rings (SSSR count). The minimum Gasteiger partial charge on any atom is -0.243 e. The van der Waals surface area contributed by atoms with Crippen LogP contribution < -0.4 is 18.3 Å². The van der Waals surface area contributed by atoms with Crippen LogP contribution in [0.4, 0.5) is 101 Å². The second kappa shape index (κ2) is 11.9. The molecule has 2 aliphatic rings. The van der Waals surface area contributed by atoms with E-state index >= 15 is 0 Å². The average Bonchev–Trinajstić information content (AvgIpc) is 3.00. The molecule has 0 N–H and O–H groups in total. The van der Waals surface area contributed by atoms with Gasteiger partial charge in [0.05, 0.1) is 21.5 Å². The number of fused-ring (bicyclic) bond motifs is 6. The third kappa shape index (κ3) is 16.1. The van der Waals surface area contributed by atoms with E-state index < -0.39 is 31.2 Å². The van der Waals surface area contributed by atoms with E-state index in [-0.39, 0.29) is 0 Å². The molecule has 6 nitrogen and oxygen atoms in total. The van der Waals surface area contributed by atoms with Crippen LogP contribution in [0.5, 0.6) is 0 Å². The first-order chi connectivity index (χ1) is 26.7. The SMILES string of the molecule is F[P-](F)(F)(F)(F)F.F[P-](F)(F)(F)(F)F.F[P-](F)(F)(F)(F)F.F[P-](F)(F)(F)(F)F.c1cc2c3nc4c5ccc[n+]6c5c5c(ccc[n+]5CC6)c4nc3c3ccc[n+]4c3c2[n+](c1)CC4. The zero-order valence-electron chi connectivity index (χ0n) is 29.3. The minimum atomic E-state index is -10.7. The molecule has 0 aliphatic carbocycles. The maximum absolute atomic E-state index is 10.7. The Labute approximate surface area is 325 Å². The van der Waals surface area contributed by atoms with Crippen LogP contribution in [-0.2, 0) is 26.2 Å². The number of aromatic nitrogens is 6. The van der Waals surface area contributed by atoms with Gasteiger partial charge >= 0.3 is 132 Å². The number of hydrogen-bond acceptors (Lipinski definition) is 2. The minimum absolute atomic E-state index is 0.966. The number of benzene rings is 2. The number of halogens is 24. The maximum Gasteiger partial charge on any atom is 0.287 e. The van der Waals surface area contributed by atoms with Crippen molar-refractivity contribution in [2.24, 2.45) is 0 Å². The summed E-state index contributed by atoms with van der Waals surface area (Å²) in [6.45, 7) is 3.87. The molecular weight excluding hydrogens is 1000 g/mol. The Kier molecular flexibility index (Phi) is 9.35. The molecule has 5 aromatic heterocycles. The molecule has 0 unspecified atom stereocenters. The van der Waals surface area contributed by atoms with Crippen LogP contribution in [0.2, 0.25) is 0 Å². The summed E-state index contributed by atoms with van der Waals surface area (Å²) >= 11 is 0. The Morgan fingerprint density at radius 3 is 0.581 bits per heavy atom. The van der Waals surface area contributed by atoms with Gasteiger partial charge in [0.2, 0.25) is 26.2 Å². The number of hydrogen-bond donors (Lipinski definition) is 0. The van der Waals surface area contributed by atoms with Crippen molar-refractivity contribution in [3.8, 4) is 0 Å². The Balaban J connectivity index is 0.000000213. The van der Waals surface area contributed by atoms with E-state index in [1.165, 1.54) is 43.6 Å². The topological polar surface area (TPSA) is 41.3 Å². The summed E-state index contributed by atoms with van der Waals surface area (Å²) in [4.78, 5) is 10.8. The fourth-order valence-electron chi connectivity index (χ4n) is 6.39. The van der Waals surface area contributed by atoms with Gasteiger partial charge in [-0.1, -0.05) is 0 Å². The number of aryl methyl sites for hydroxylation is 4. The van der Waals surface area contributed by atoms with Crippen LogP contribution in [0.15, 0.2) is 73.3 Å². The first kappa shape index (κ1) is 48.7. The summed E-state index contributed by atoms with van der Waals surface area (Å²) in [5, 5.41) is 4.69. The monoisotopic (exact) mass is 1020 g/mol. The molecule has 7 heterocycles. The quantitative estimate of drug-likeness (QED) is 0.0499. The van der Waals surface area contributed by atoms with Crippen LogP contribution in [0.1, 0.15) is 0 Å². The largest absolute Gasteiger partial charge is 0.287 e. The predicted octanol–water partition coefficient (Wildman–Crippen LogP) is 16.1. The summed E-state index contributed by atoms with van der Waals surface area (Å²) < 4.78 is 246. The van der Waals surface area contributed by atoms with E-state index in [1.54, 1.807) is 0 Å². The van der Waals surface area contributed by atoms with E-state index in [2.05, 4.69) is 91.6 Å². The van der Waals surface area contributed by atoms with Gasteiger partial charge in [-0.05, 0) is 24.3 Å². The first-order valence-electron chi connectivity index (χ1n) is 16.0. The average molecular weight is 1020 g/mol. The number of nitrogens with zero attached hydrogens (tertiary/aromatic N) is 6. The van der Waals surface area contributed by atoms with Crippen molar-refractivity contribution in [2.45, 2.75) is 26.2 Å². The van der Waals surface area contributed by atoms with Gasteiger partial charge in [0.25, 0.3) is 22.1 Å². The van der Waals surface area contributed by atoms with E-state index in [0.717, 1.165) is 48.2 Å². The van der Waals surface area contributed by atoms with Crippen LogP contribution in [0, 0.1) is 0 Å². The van der Waals surface area contributed by atoms with Crippen molar-refractivity contribution in [3.05, 3.63) is 73.3 Å². The van der Waals surface area contributed by atoms with E-state index in [1.807, 2.05) is 0 Å². The molecule has 0 bridgehead atoms. The molecule has 0 atom stereocenters. The fraction of sp³-hybridized carbons (Fsp3) is 0.143. The molecule has 7 aromatic rings. The molecule has 0 amide bonds. The predicted molar refractivity (Wildman–Crippen MR) is 182 cm³/mol. The van der Waals surface area contributed by atoms with Crippen molar-refractivity contribution < 1.29 is 119 Å². The van der Waals surface area contributed by atoms with Crippen molar-refractivity contribution in [3.63, 3.8) is 0 Å². The number of rotatable bonds is 0. The van der Waals surface area contributed by atoms with Gasteiger partial charge in [0.15, 0.2) is 24.8 Å². The van der Waals surface area contributed by atoms with E-state index in [0.29, 0.717) is 0 Å². The van der Waals surface area contributed by atoms with Crippen LogP contribution in [0.3, 0.4) is 0 Å². The van der Waals surface area contributed by atoms with Gasteiger partial charge in [-0.2, -0.15) is 18.3 Å². The third-order valence-electron chi connectivity index (χ3n) is 7.81. The number of pyridine rings is 4. The van der Waals surface area contributed by atoms with Crippen molar-refractivity contribution in [1.29, 1.82) is 0 Å². The second-order valence-corrected chi connectivity index (χ2v) is 21.0. The molecule has 0 fully saturated rings. The maximum atomic E-state index is 9.87. The second-order valence-electron chi connectivity index (χ2n) is 13.3. The molecule has 0 radical (unpaired) electrons. The Morgan fingerprint density at radius 2 is 0.435 bits per heavy atom. The Bertz CT molecular complexity index is 2580. The summed E-state index contributed by atoms with van der Waals surface area (Å²) in [6, 6.07) is 17.4. The van der Waals surface area contributed by atoms with Crippen molar-refractivity contribution >= 4 is 96.9 Å². The van der Waals surface area contributed by atoms with Gasteiger partial charge in [-0.25, -0.2) is 9.97 Å². The molecule has 2 aromatic carbocycles. The molecule has 34 heteroatoms. The zero-order chi connectivity index (χ0) is 47.6. The molecule has 350 valence electrons. The van der Waals surface area contributed by atoms with E-state index in [9.17, 15) is 101 Å². The molecule has 0 spiro atoms. The fourth-order valence-corrected chi connectivity index (χ4v) is 6.39. The van der Waals surface area contributed by atoms with E-state index in [4.69, 9.17) is 9.97 Å². The van der Waals surface area contributed by atoms with Gasteiger partial charge in [0.1, 0.15) is 22.1 Å². The molecule has 2 aliphatic heterocycles. The van der Waals surface area contributed by atoms with Gasteiger partial charge in [-0.15, -0.1) is 0 Å². The summed E-state index contributed by atoms with van der Waals surface area (Å²) in [5.74, 6) is 0. The Hall–Kier alpha value is -4.28. The van der Waals surface area contributed by atoms with Gasteiger partial charge < -0.3 is 0 Å². The standard InChI is InChI=1S/C28H20N6.4F6P/c1-5-17-21-22(18-6-2-10-32-14-13-31(9-1)25(17)26(18)32)30-24-20-8-4-12-34-16-15-33-11-3-7-19(23(24)29-21)27(33)28(20)34;4*1-7(2,3,4,5)6/h1-12H,13-16H2;;;;/q+4;4*-1. The smallest absolute Gasteiger partial charge is 0.243 e. The first-order valence-corrected chi connectivity index (χ1v) is 24.1. The third-order valence-corrected chi connectivity index (χ3v) is 7.81. The zero-order valence-corrected chi connectivity index (χ0v) is 32.9. The summed E-state index contributed by atoms with van der Waals surface area (Å²) in [7, 11) is -42.6. The molecule has 62 heavy (non-hydrogen) atoms. The summed E-state index contributed by atoms with van der Waals surface area (Å²) in [6.07, 6.45) is 8.76. The van der Waals surface area contributed by atoms with Crippen molar-refractivity contribution in [2.75, 3.05) is 0 Å². The molecular formula is C28H20F24N6P4. The van der Waals surface area contributed by atoms with Gasteiger partial charge in [-0.3, -0.25) is 0 Å².